The zero-order valence-electron chi connectivity index (χ0n) is 20.6. The Morgan fingerprint density at radius 2 is 1.50 bits per heavy atom. The van der Waals surface area contributed by atoms with E-state index in [0.717, 1.165) is 6.29 Å². The van der Waals surface area contributed by atoms with Gasteiger partial charge in [-0.05, 0) is 6.16 Å². The van der Waals surface area contributed by atoms with Crippen LogP contribution in [-0.2, 0) is 18.9 Å². The Balaban J connectivity index is 2.79. The summed E-state index contributed by atoms with van der Waals surface area (Å²) in [7, 11) is -6.49. The van der Waals surface area contributed by atoms with Crippen molar-refractivity contribution in [2.75, 3.05) is 83.2 Å². The summed E-state index contributed by atoms with van der Waals surface area (Å²) in [4.78, 5) is 70.4. The first-order valence-electron chi connectivity index (χ1n) is 11.8. The molecule has 3 atom stereocenters. The molecule has 1 aliphatic rings. The molecule has 1 aliphatic heterocycles. The largest absolute Gasteiger partial charge is 0.481 e. The molecule has 0 aromatic carbocycles. The lowest BCUT2D eigenvalue weighted by molar-refractivity contribution is -0.136. The molecule has 15 heteroatoms. The Bertz CT molecular complexity index is 785. The van der Waals surface area contributed by atoms with Gasteiger partial charge in [-0.15, -0.1) is 6.42 Å². The Kier molecular flexibility index (Phi) is 16.8. The molecular weight excluding hydrogens is 529 g/mol. The van der Waals surface area contributed by atoms with E-state index in [1.165, 1.54) is 0 Å². The van der Waals surface area contributed by atoms with Crippen LogP contribution in [0.3, 0.4) is 0 Å². The molecule has 0 aromatic rings. The summed E-state index contributed by atoms with van der Waals surface area (Å²) in [5.41, 5.74) is 0. The van der Waals surface area contributed by atoms with Crippen molar-refractivity contribution in [2.45, 2.75) is 19.3 Å². The molecule has 12 nitrogen and oxygen atoms in total. The number of aliphatic carboxylic acids is 1. The van der Waals surface area contributed by atoms with Gasteiger partial charge in [0.1, 0.15) is 6.29 Å². The Hall–Kier alpha value is -0.980. The van der Waals surface area contributed by atoms with E-state index < -0.39 is 29.6 Å². The van der Waals surface area contributed by atoms with Gasteiger partial charge >= 0.3 is 5.97 Å². The number of hydrogen-bond donors (Lipinski definition) is 5. The molecule has 0 aromatic heterocycles. The van der Waals surface area contributed by atoms with Crippen molar-refractivity contribution in [2.24, 2.45) is 0 Å². The minimum atomic E-state index is -3.68. The molecule has 1 amide bonds. The van der Waals surface area contributed by atoms with Crippen molar-refractivity contribution < 1.29 is 38.7 Å². The van der Waals surface area contributed by atoms with Crippen molar-refractivity contribution in [3.63, 3.8) is 0 Å². The molecule has 5 N–H and O–H groups in total. The summed E-state index contributed by atoms with van der Waals surface area (Å²) >= 11 is 0. The van der Waals surface area contributed by atoms with Gasteiger partial charge in [0.25, 0.3) is 0 Å². The third-order valence-corrected chi connectivity index (χ3v) is 10.2. The second-order valence-corrected chi connectivity index (χ2v) is 14.5. The van der Waals surface area contributed by atoms with Gasteiger partial charge in [-0.25, -0.2) is 0 Å². The minimum absolute atomic E-state index is 0.135. The van der Waals surface area contributed by atoms with E-state index in [9.17, 15) is 33.6 Å². The van der Waals surface area contributed by atoms with E-state index in [1.54, 1.807) is 0 Å². The first kappa shape index (κ1) is 33.0. The van der Waals surface area contributed by atoms with Gasteiger partial charge in [-0.3, -0.25) is 28.9 Å². The highest BCUT2D eigenvalue weighted by Crippen LogP contribution is 2.42. The van der Waals surface area contributed by atoms with Crippen LogP contribution in [0, 0.1) is 12.3 Å². The number of terminal acetylenes is 1. The molecular formula is C21H39N4O8P3. The summed E-state index contributed by atoms with van der Waals surface area (Å²) < 4.78 is 12.6. The fraction of sp³-hybridized carbons (Fsp3) is 0.762. The van der Waals surface area contributed by atoms with Crippen LogP contribution in [0.15, 0.2) is 0 Å². The van der Waals surface area contributed by atoms with Crippen LogP contribution in [0.1, 0.15) is 19.3 Å². The van der Waals surface area contributed by atoms with Gasteiger partial charge in [-0.1, -0.05) is 5.92 Å². The zero-order chi connectivity index (χ0) is 27.0. The van der Waals surface area contributed by atoms with Crippen LogP contribution < -0.4 is 5.32 Å². The summed E-state index contributed by atoms with van der Waals surface area (Å²) in [6, 6.07) is 0. The second kappa shape index (κ2) is 18.3. The number of nitrogens with one attached hydrogen (secondary N) is 1. The lowest BCUT2D eigenvalue weighted by Crippen LogP contribution is -2.37. The van der Waals surface area contributed by atoms with Crippen molar-refractivity contribution in [1.29, 1.82) is 0 Å². The first-order chi connectivity index (χ1) is 17.0. The van der Waals surface area contributed by atoms with E-state index in [1.807, 2.05) is 14.7 Å². The number of aldehydes is 1. The average molecular weight is 568 g/mol. The summed E-state index contributed by atoms with van der Waals surface area (Å²) in [5.74, 6) is 0.983. The zero-order valence-corrected chi connectivity index (χ0v) is 23.3. The number of hydrogen-bond acceptors (Lipinski definition) is 9. The number of carbonyl (C=O) groups is 3. The summed E-state index contributed by atoms with van der Waals surface area (Å²) in [5, 5.41) is 11.4. The smallest absolute Gasteiger partial charge is 0.303 e. The molecule has 0 bridgehead atoms. The lowest BCUT2D eigenvalue weighted by Gasteiger charge is -2.28. The molecule has 0 radical (unpaired) electrons. The highest BCUT2D eigenvalue weighted by atomic mass is 31.2. The van der Waals surface area contributed by atoms with Crippen LogP contribution >= 0.6 is 23.7 Å². The van der Waals surface area contributed by atoms with E-state index in [2.05, 4.69) is 11.2 Å². The fourth-order valence-electron chi connectivity index (χ4n) is 3.54. The third kappa shape index (κ3) is 16.0. The second-order valence-electron chi connectivity index (χ2n) is 8.64. The van der Waals surface area contributed by atoms with Gasteiger partial charge in [0.15, 0.2) is 0 Å². The lowest BCUT2D eigenvalue weighted by atomic mass is 10.4. The number of carbonyl (C=O) groups excluding carboxylic acids is 2. The Morgan fingerprint density at radius 3 is 2.00 bits per heavy atom. The Morgan fingerprint density at radius 1 is 0.972 bits per heavy atom. The maximum Gasteiger partial charge on any atom is 0.303 e. The molecule has 36 heavy (non-hydrogen) atoms. The van der Waals surface area contributed by atoms with Crippen LogP contribution in [0.4, 0.5) is 0 Å². The monoisotopic (exact) mass is 568 g/mol. The molecule has 0 saturated carbocycles. The van der Waals surface area contributed by atoms with E-state index in [-0.39, 0.29) is 44.2 Å². The normalized spacial score (nSPS) is 19.6. The molecule has 206 valence electrons. The fourth-order valence-corrected chi connectivity index (χ4v) is 7.76. The van der Waals surface area contributed by atoms with Crippen molar-refractivity contribution in [1.82, 2.24) is 20.0 Å². The topological polar surface area (TPSA) is 171 Å². The predicted octanol–water partition coefficient (Wildman–Crippen LogP) is 0.0305. The Labute approximate surface area is 215 Å². The molecule has 1 heterocycles. The van der Waals surface area contributed by atoms with Crippen LogP contribution in [-0.4, -0.2) is 136 Å². The van der Waals surface area contributed by atoms with Gasteiger partial charge < -0.3 is 29.9 Å². The van der Waals surface area contributed by atoms with Crippen molar-refractivity contribution >= 4 is 41.8 Å². The molecule has 0 spiro atoms. The summed E-state index contributed by atoms with van der Waals surface area (Å²) in [6.07, 6.45) is 7.05. The van der Waals surface area contributed by atoms with Gasteiger partial charge in [0.2, 0.25) is 13.3 Å². The highest BCUT2D eigenvalue weighted by molar-refractivity contribution is 7.57. The van der Waals surface area contributed by atoms with Crippen molar-refractivity contribution in [3.8, 4) is 12.3 Å². The van der Waals surface area contributed by atoms with E-state index >= 15 is 0 Å². The van der Waals surface area contributed by atoms with E-state index in [4.69, 9.17) is 11.5 Å². The quantitative estimate of drug-likeness (QED) is 0.0967. The molecule has 1 saturated heterocycles. The number of nitrogens with zero attached hydrogens (tertiary/aromatic N) is 3. The SMILES string of the molecule is C#CCNC(=O)CCP(O)CN1CCN(CP(O)CCC=O)CCN(CP(=O)(O)CCC(=O)O)CC1. The van der Waals surface area contributed by atoms with E-state index in [0.29, 0.717) is 64.2 Å². The number of carboxylic acid groups (broad SMARTS) is 1. The predicted molar refractivity (Wildman–Crippen MR) is 141 cm³/mol. The van der Waals surface area contributed by atoms with Crippen molar-refractivity contribution in [3.05, 3.63) is 0 Å². The standard InChI is InChI=1S/C21H39N4O8P3/c1-2-6-22-20(27)4-15-35(31)18-24-8-7-23(17-34(30)14-3-13-26)9-11-25(12-10-24)19-36(32,33)16-5-21(28)29/h1,13,30-31H,3-12,14-19H2,(H,22,27)(H,28,29)(H,32,33). The number of carboxylic acids is 1. The molecule has 0 aliphatic carbocycles. The van der Waals surface area contributed by atoms with Crippen LogP contribution in [0.2, 0.25) is 0 Å². The highest BCUT2D eigenvalue weighted by Gasteiger charge is 2.26. The summed E-state index contributed by atoms with van der Waals surface area (Å²) in [6.45, 7) is 3.33. The molecule has 1 rings (SSSR count). The maximum atomic E-state index is 12.6. The van der Waals surface area contributed by atoms with Crippen LogP contribution in [0.5, 0.6) is 0 Å². The van der Waals surface area contributed by atoms with Gasteiger partial charge in [0, 0.05) is 93.3 Å². The average Bonchev–Trinajstić information content (AvgIpc) is 2.90. The number of amides is 1. The van der Waals surface area contributed by atoms with Gasteiger partial charge in [-0.2, -0.15) is 0 Å². The molecule has 1 fully saturated rings. The van der Waals surface area contributed by atoms with Crippen LogP contribution in [0.25, 0.3) is 0 Å². The number of rotatable bonds is 16. The minimum Gasteiger partial charge on any atom is -0.481 e. The van der Waals surface area contributed by atoms with Gasteiger partial charge in [0.05, 0.1) is 19.3 Å². The third-order valence-electron chi connectivity index (χ3n) is 5.51. The molecule has 3 unspecified atom stereocenters. The maximum absolute atomic E-state index is 12.6. The first-order valence-corrected chi connectivity index (χ1v) is 17.1.